The summed E-state index contributed by atoms with van der Waals surface area (Å²) in [6.45, 7) is 7.93. The van der Waals surface area contributed by atoms with Crippen LogP contribution in [-0.4, -0.2) is 49.0 Å². The molecular weight excluding hydrogens is 426 g/mol. The number of carbonyl (C=O) groups is 1. The van der Waals surface area contributed by atoms with Gasteiger partial charge in [-0.3, -0.25) is 4.79 Å². The molecule has 1 amide bonds. The summed E-state index contributed by atoms with van der Waals surface area (Å²) in [5.41, 5.74) is 1.32. The van der Waals surface area contributed by atoms with Crippen molar-refractivity contribution in [3.8, 4) is 0 Å². The highest BCUT2D eigenvalue weighted by molar-refractivity contribution is 7.90. The van der Waals surface area contributed by atoms with Gasteiger partial charge in [-0.1, -0.05) is 51.1 Å². The molecule has 1 aliphatic rings. The number of ether oxygens (including phenoxy) is 1. The monoisotopic (exact) mass is 461 g/mol. The third kappa shape index (κ3) is 6.90. The number of rotatable bonds is 11. The van der Waals surface area contributed by atoms with Crippen LogP contribution in [-0.2, 0) is 38.2 Å². The number of hydrogen-bond acceptors (Lipinski definition) is 5. The van der Waals surface area contributed by atoms with Crippen molar-refractivity contribution in [3.05, 3.63) is 47.8 Å². The van der Waals surface area contributed by atoms with Crippen LogP contribution < -0.4 is 0 Å². The van der Waals surface area contributed by atoms with E-state index in [9.17, 15) is 13.2 Å². The van der Waals surface area contributed by atoms with Crippen LogP contribution in [0, 0.1) is 11.3 Å². The second kappa shape index (κ2) is 10.2. The molecule has 0 N–H and O–H groups in total. The Labute approximate surface area is 191 Å². The van der Waals surface area contributed by atoms with Crippen molar-refractivity contribution in [2.45, 2.75) is 64.0 Å². The summed E-state index contributed by atoms with van der Waals surface area (Å²) in [5.74, 6) is 0.514. The van der Waals surface area contributed by atoms with Crippen LogP contribution in [0.4, 0.5) is 0 Å². The van der Waals surface area contributed by atoms with Crippen LogP contribution in [0.1, 0.15) is 51.3 Å². The zero-order chi connectivity index (χ0) is 23.4. The van der Waals surface area contributed by atoms with Gasteiger partial charge in [-0.25, -0.2) is 13.4 Å². The lowest BCUT2D eigenvalue weighted by Crippen LogP contribution is -2.35. The fourth-order valence-corrected chi connectivity index (χ4v) is 5.19. The molecule has 0 aliphatic heterocycles. The van der Waals surface area contributed by atoms with Crippen LogP contribution in [0.3, 0.4) is 0 Å². The zero-order valence-electron chi connectivity index (χ0n) is 19.6. The molecule has 2 aromatic rings. The molecule has 0 spiro atoms. The van der Waals surface area contributed by atoms with Crippen LogP contribution in [0.15, 0.2) is 41.7 Å². The molecule has 8 heteroatoms. The predicted molar refractivity (Wildman–Crippen MR) is 124 cm³/mol. The van der Waals surface area contributed by atoms with E-state index in [4.69, 9.17) is 4.74 Å². The van der Waals surface area contributed by atoms with Gasteiger partial charge in [-0.05, 0) is 29.7 Å². The van der Waals surface area contributed by atoms with Crippen molar-refractivity contribution in [1.82, 2.24) is 14.5 Å². The fraction of sp³-hybridized carbons (Fsp3) is 0.583. The van der Waals surface area contributed by atoms with Crippen molar-refractivity contribution in [2.24, 2.45) is 11.3 Å². The Bertz CT molecular complexity index is 1010. The van der Waals surface area contributed by atoms with Gasteiger partial charge in [-0.15, -0.1) is 0 Å². The second-order valence-electron chi connectivity index (χ2n) is 9.88. The molecule has 176 valence electrons. The third-order valence-electron chi connectivity index (χ3n) is 5.46. The molecule has 1 aromatic heterocycles. The summed E-state index contributed by atoms with van der Waals surface area (Å²) in [5, 5.41) is 0.0306. The van der Waals surface area contributed by atoms with Gasteiger partial charge in [0.15, 0.2) is 0 Å². The van der Waals surface area contributed by atoms with Crippen LogP contribution >= 0.6 is 0 Å². The summed E-state index contributed by atoms with van der Waals surface area (Å²) in [6.07, 6.45) is 4.32. The number of methoxy groups -OCH3 is 1. The van der Waals surface area contributed by atoms with Gasteiger partial charge in [0.25, 0.3) is 0 Å². The SMILES string of the molecule is COCCn1c(CN(CC2CC2)C(=O)CC(C)(C)C)cnc1S(=O)(=O)Cc1ccccc1. The molecule has 1 heterocycles. The maximum absolute atomic E-state index is 13.2. The maximum Gasteiger partial charge on any atom is 0.228 e. The van der Waals surface area contributed by atoms with Crippen LogP contribution in [0.25, 0.3) is 0 Å². The Morgan fingerprint density at radius 2 is 1.91 bits per heavy atom. The summed E-state index contributed by atoms with van der Waals surface area (Å²) in [4.78, 5) is 19.2. The average Bonchev–Trinajstić information content (AvgIpc) is 3.43. The number of sulfone groups is 1. The normalized spacial score (nSPS) is 14.5. The van der Waals surface area contributed by atoms with E-state index in [0.717, 1.165) is 18.5 Å². The quantitative estimate of drug-likeness (QED) is 0.510. The molecule has 1 aliphatic carbocycles. The van der Waals surface area contributed by atoms with E-state index in [-0.39, 0.29) is 22.2 Å². The van der Waals surface area contributed by atoms with E-state index < -0.39 is 9.84 Å². The molecule has 0 atom stereocenters. The highest BCUT2D eigenvalue weighted by Gasteiger charge is 2.30. The summed E-state index contributed by atoms with van der Waals surface area (Å²) >= 11 is 0. The van der Waals surface area contributed by atoms with Gasteiger partial charge in [-0.2, -0.15) is 0 Å². The molecular formula is C24H35N3O4S. The van der Waals surface area contributed by atoms with Crippen molar-refractivity contribution in [2.75, 3.05) is 20.3 Å². The third-order valence-corrected chi connectivity index (χ3v) is 7.06. The van der Waals surface area contributed by atoms with Crippen LogP contribution in [0.2, 0.25) is 0 Å². The number of hydrogen-bond donors (Lipinski definition) is 0. The van der Waals surface area contributed by atoms with Crippen molar-refractivity contribution < 1.29 is 17.9 Å². The highest BCUT2D eigenvalue weighted by Crippen LogP contribution is 2.31. The van der Waals surface area contributed by atoms with E-state index >= 15 is 0 Å². The Morgan fingerprint density at radius 1 is 1.22 bits per heavy atom. The van der Waals surface area contributed by atoms with Gasteiger partial charge in [0.2, 0.25) is 20.9 Å². The lowest BCUT2D eigenvalue weighted by molar-refractivity contribution is -0.134. The molecule has 0 unspecified atom stereocenters. The van der Waals surface area contributed by atoms with E-state index in [0.29, 0.717) is 44.1 Å². The van der Waals surface area contributed by atoms with Gasteiger partial charge in [0.05, 0.1) is 30.8 Å². The minimum Gasteiger partial charge on any atom is -0.383 e. The van der Waals surface area contributed by atoms with Crippen molar-refractivity contribution in [3.63, 3.8) is 0 Å². The lowest BCUT2D eigenvalue weighted by atomic mass is 9.91. The molecule has 1 aromatic carbocycles. The van der Waals surface area contributed by atoms with E-state index in [1.165, 1.54) is 0 Å². The molecule has 1 fully saturated rings. The number of imidazole rings is 1. The summed E-state index contributed by atoms with van der Waals surface area (Å²) in [6, 6.07) is 9.10. The first-order valence-electron chi connectivity index (χ1n) is 11.2. The molecule has 0 radical (unpaired) electrons. The lowest BCUT2D eigenvalue weighted by Gasteiger charge is -2.27. The van der Waals surface area contributed by atoms with Crippen LogP contribution in [0.5, 0.6) is 0 Å². The Morgan fingerprint density at radius 3 is 2.50 bits per heavy atom. The predicted octanol–water partition coefficient (Wildman–Crippen LogP) is 3.68. The molecule has 3 rings (SSSR count). The molecule has 1 saturated carbocycles. The second-order valence-corrected chi connectivity index (χ2v) is 11.8. The van der Waals surface area contributed by atoms with E-state index in [1.54, 1.807) is 30.0 Å². The maximum atomic E-state index is 13.2. The zero-order valence-corrected chi connectivity index (χ0v) is 20.4. The smallest absolute Gasteiger partial charge is 0.228 e. The van der Waals surface area contributed by atoms with Gasteiger partial charge < -0.3 is 14.2 Å². The first-order valence-corrected chi connectivity index (χ1v) is 12.8. The Kier molecular flexibility index (Phi) is 7.77. The fourth-order valence-electron chi connectivity index (χ4n) is 3.67. The number of aromatic nitrogens is 2. The van der Waals surface area contributed by atoms with Crippen molar-refractivity contribution >= 4 is 15.7 Å². The van der Waals surface area contributed by atoms with Gasteiger partial charge >= 0.3 is 0 Å². The van der Waals surface area contributed by atoms with Crippen molar-refractivity contribution in [1.29, 1.82) is 0 Å². The first kappa shape index (κ1) is 24.5. The number of amides is 1. The van der Waals surface area contributed by atoms with E-state index in [2.05, 4.69) is 25.8 Å². The average molecular weight is 462 g/mol. The minimum absolute atomic E-state index is 0.0306. The standard InChI is InChI=1S/C24H35N3O4S/c1-24(2,3)14-22(28)26(16-19-10-11-19)17-21-15-25-23(27(21)12-13-31-4)32(29,30)18-20-8-6-5-7-9-20/h5-9,15,19H,10-14,16-18H2,1-4H3. The summed E-state index contributed by atoms with van der Waals surface area (Å²) in [7, 11) is -2.07. The molecule has 7 nitrogen and oxygen atoms in total. The highest BCUT2D eigenvalue weighted by atomic mass is 32.2. The largest absolute Gasteiger partial charge is 0.383 e. The number of carbonyl (C=O) groups excluding carboxylic acids is 1. The van der Waals surface area contributed by atoms with Gasteiger partial charge in [0.1, 0.15) is 0 Å². The van der Waals surface area contributed by atoms with E-state index in [1.807, 2.05) is 23.1 Å². The molecule has 0 saturated heterocycles. The Balaban J connectivity index is 1.88. The topological polar surface area (TPSA) is 81.5 Å². The first-order chi connectivity index (χ1) is 15.1. The number of nitrogens with zero attached hydrogens (tertiary/aromatic N) is 3. The minimum atomic E-state index is -3.66. The Hall–Kier alpha value is -2.19. The van der Waals surface area contributed by atoms with Gasteiger partial charge in [0, 0.05) is 26.6 Å². The molecule has 0 bridgehead atoms. The molecule has 32 heavy (non-hydrogen) atoms. The number of benzene rings is 1. The summed E-state index contributed by atoms with van der Waals surface area (Å²) < 4.78 is 33.3.